The molecule has 0 aromatic heterocycles. The van der Waals surface area contributed by atoms with E-state index in [4.69, 9.17) is 4.74 Å². The minimum Gasteiger partial charge on any atom is -0.464 e. The van der Waals surface area contributed by atoms with E-state index >= 15 is 0 Å². The number of amides is 1. The number of carbonyl (C=O) groups excluding carboxylic acids is 5. The predicted octanol–water partition coefficient (Wildman–Crippen LogP) is 8.04. The second-order valence-electron chi connectivity index (χ2n) is 10.2. The highest BCUT2D eigenvalue weighted by Crippen LogP contribution is 2.39. The maximum Gasteiger partial charge on any atom is 0.415 e. The second-order valence-corrected chi connectivity index (χ2v) is 12.9. The first-order valence-electron chi connectivity index (χ1n) is 16.0. The predicted molar refractivity (Wildman–Crippen MR) is 186 cm³/mol. The van der Waals surface area contributed by atoms with Crippen LogP contribution in [-0.4, -0.2) is 54.1 Å². The Bertz CT molecular complexity index is 1090. The maximum atomic E-state index is 11.8. The molecule has 0 saturated carbocycles. The molecule has 1 amide bonds. The molecular weight excluding hydrogens is 627 g/mol. The van der Waals surface area contributed by atoms with Gasteiger partial charge in [0, 0.05) is 36.0 Å². The Labute approximate surface area is 281 Å². The Morgan fingerprint density at radius 2 is 1.30 bits per heavy atom. The van der Waals surface area contributed by atoms with Crippen LogP contribution < -0.4 is 5.32 Å². The van der Waals surface area contributed by atoms with Crippen LogP contribution in [0.5, 0.6) is 0 Å². The Morgan fingerprint density at radius 1 is 0.717 bits per heavy atom. The number of ether oxygens (including phenoxy) is 3. The van der Waals surface area contributed by atoms with Crippen LogP contribution in [0.2, 0.25) is 0 Å². The molecule has 0 aliphatic carbocycles. The average molecular weight is 676 g/mol. The van der Waals surface area contributed by atoms with Gasteiger partial charge in [-0.15, -0.1) is 0 Å². The van der Waals surface area contributed by atoms with Gasteiger partial charge in [0.15, 0.2) is 0 Å². The molecule has 0 spiro atoms. The van der Waals surface area contributed by atoms with E-state index in [-0.39, 0.29) is 32.0 Å². The van der Waals surface area contributed by atoms with E-state index in [0.29, 0.717) is 24.2 Å². The van der Waals surface area contributed by atoms with Gasteiger partial charge in [0.25, 0.3) is 0 Å². The molecule has 1 N–H and O–H groups in total. The first kappa shape index (κ1) is 40.7. The number of hydrogen-bond donors (Lipinski definition) is 1. The van der Waals surface area contributed by atoms with E-state index < -0.39 is 24.0 Å². The van der Waals surface area contributed by atoms with Crippen molar-refractivity contribution in [3.63, 3.8) is 0 Å². The monoisotopic (exact) mass is 675 g/mol. The minimum absolute atomic E-state index is 0.0504. The lowest BCUT2D eigenvalue weighted by Crippen LogP contribution is -2.30. The van der Waals surface area contributed by atoms with Gasteiger partial charge in [0.1, 0.15) is 6.61 Å². The van der Waals surface area contributed by atoms with Gasteiger partial charge in [-0.05, 0) is 64.2 Å². The number of unbranched alkanes of at least 4 members (excludes halogenated alkanes) is 2. The van der Waals surface area contributed by atoms with E-state index in [1.165, 1.54) is 6.42 Å². The molecule has 1 rings (SSSR count). The summed E-state index contributed by atoms with van der Waals surface area (Å²) in [6.45, 7) is 2.00. The van der Waals surface area contributed by atoms with Crippen LogP contribution >= 0.6 is 21.6 Å². The summed E-state index contributed by atoms with van der Waals surface area (Å²) in [6, 6.07) is 0. The molecule has 0 aromatic rings. The molecule has 254 valence electrons. The van der Waals surface area contributed by atoms with Crippen molar-refractivity contribution in [3.05, 3.63) is 72.9 Å². The summed E-state index contributed by atoms with van der Waals surface area (Å²) in [7, 11) is 3.75. The van der Waals surface area contributed by atoms with Crippen molar-refractivity contribution in [2.75, 3.05) is 18.9 Å². The number of carbonyl (C=O) groups is 5. The van der Waals surface area contributed by atoms with Crippen LogP contribution in [0.15, 0.2) is 72.9 Å². The zero-order valence-corrected chi connectivity index (χ0v) is 28.5. The molecule has 11 heteroatoms. The molecule has 0 aromatic carbocycles. The zero-order valence-electron chi connectivity index (χ0n) is 26.9. The largest absolute Gasteiger partial charge is 0.464 e. The van der Waals surface area contributed by atoms with Crippen molar-refractivity contribution in [2.45, 2.75) is 95.6 Å². The van der Waals surface area contributed by atoms with Crippen LogP contribution in [0.25, 0.3) is 0 Å². The lowest BCUT2D eigenvalue weighted by molar-refractivity contribution is -0.156. The molecule has 1 saturated heterocycles. The van der Waals surface area contributed by atoms with Gasteiger partial charge in [-0.3, -0.25) is 9.59 Å². The fraction of sp³-hybridized carbons (Fsp3) is 0.514. The van der Waals surface area contributed by atoms with E-state index in [1.54, 1.807) is 0 Å². The molecule has 1 aliphatic heterocycles. The molecule has 1 fully saturated rings. The SMILES string of the molecule is CC/C=C\C/C=C\C/C=C\C/C=C\C/C=C\CCCC(=O)OCCNC(=O)OC(=O)/C=C/C(=O)OC(=O)CCCC[C@H]1CCSS1. The zero-order chi connectivity index (χ0) is 33.5. The first-order chi connectivity index (χ1) is 22.4. The van der Waals surface area contributed by atoms with Crippen molar-refractivity contribution in [3.8, 4) is 0 Å². The molecule has 1 heterocycles. The Hall–Kier alpha value is -3.31. The smallest absolute Gasteiger partial charge is 0.415 e. The van der Waals surface area contributed by atoms with Crippen LogP contribution in [0.4, 0.5) is 4.79 Å². The van der Waals surface area contributed by atoms with Crippen molar-refractivity contribution in [1.29, 1.82) is 0 Å². The number of rotatable bonds is 23. The van der Waals surface area contributed by atoms with Gasteiger partial charge in [0.05, 0.1) is 6.54 Å². The molecule has 46 heavy (non-hydrogen) atoms. The van der Waals surface area contributed by atoms with Crippen LogP contribution in [-0.2, 0) is 33.4 Å². The van der Waals surface area contributed by atoms with E-state index in [2.05, 4.69) is 76.4 Å². The highest BCUT2D eigenvalue weighted by Gasteiger charge is 2.16. The standard InChI is InChI=1S/C35H49NO8S2/c1-2-3-4-5-6-7-8-9-10-11-12-13-14-15-16-17-18-22-31(37)42-28-27-36-35(41)44-34(40)25-24-33(39)43-32(38)23-20-19-21-30-26-29-45-46-30/h3-4,6-7,9-10,12-13,15-16,24-25,30H,2,5,8,11,14,17-23,26-29H2,1H3,(H,36,41)/b4-3-,7-6-,10-9-,13-12-,16-15-,25-24+/t30-/m0/s1. The molecule has 0 bridgehead atoms. The van der Waals surface area contributed by atoms with E-state index in [1.807, 2.05) is 27.7 Å². The number of esters is 4. The van der Waals surface area contributed by atoms with Crippen LogP contribution in [0.1, 0.15) is 90.4 Å². The fourth-order valence-corrected chi connectivity index (χ4v) is 6.85. The Morgan fingerprint density at radius 3 is 1.91 bits per heavy atom. The number of hydrogen-bond acceptors (Lipinski definition) is 10. The van der Waals surface area contributed by atoms with Gasteiger partial charge < -0.3 is 19.5 Å². The topological polar surface area (TPSA) is 125 Å². The Balaban J connectivity index is 2.00. The molecule has 0 radical (unpaired) electrons. The third kappa shape index (κ3) is 26.0. The summed E-state index contributed by atoms with van der Waals surface area (Å²) in [5.74, 6) is -2.02. The van der Waals surface area contributed by atoms with Gasteiger partial charge >= 0.3 is 30.0 Å². The van der Waals surface area contributed by atoms with Crippen LogP contribution in [0, 0.1) is 0 Å². The molecule has 9 nitrogen and oxygen atoms in total. The summed E-state index contributed by atoms with van der Waals surface area (Å²) in [5, 5.41) is 2.90. The minimum atomic E-state index is -1.11. The summed E-state index contributed by atoms with van der Waals surface area (Å²) in [4.78, 5) is 58.6. The molecule has 1 atom stereocenters. The summed E-state index contributed by atoms with van der Waals surface area (Å²) >= 11 is 0. The van der Waals surface area contributed by atoms with Crippen molar-refractivity contribution in [2.24, 2.45) is 0 Å². The average Bonchev–Trinajstić information content (AvgIpc) is 3.55. The van der Waals surface area contributed by atoms with E-state index in [0.717, 1.165) is 63.2 Å². The quantitative estimate of drug-likeness (QED) is 0.0216. The van der Waals surface area contributed by atoms with Gasteiger partial charge in [-0.2, -0.15) is 0 Å². The van der Waals surface area contributed by atoms with Crippen molar-refractivity contribution >= 4 is 51.6 Å². The maximum absolute atomic E-state index is 11.8. The summed E-state index contributed by atoms with van der Waals surface area (Å²) in [6.07, 6.45) is 31.9. The number of nitrogens with one attached hydrogen (secondary N) is 1. The summed E-state index contributed by atoms with van der Waals surface area (Å²) < 4.78 is 14.2. The summed E-state index contributed by atoms with van der Waals surface area (Å²) in [5.41, 5.74) is 0. The highest BCUT2D eigenvalue weighted by atomic mass is 33.1. The normalized spacial score (nSPS) is 15.2. The third-order valence-corrected chi connectivity index (χ3v) is 9.20. The van der Waals surface area contributed by atoms with Crippen molar-refractivity contribution < 1.29 is 38.2 Å². The number of allylic oxidation sites excluding steroid dienone is 10. The fourth-order valence-electron chi connectivity index (χ4n) is 3.82. The number of alkyl carbamates (subject to hydrolysis) is 1. The third-order valence-electron chi connectivity index (χ3n) is 6.19. The molecular formula is C35H49NO8S2. The molecule has 1 aliphatic rings. The second kappa shape index (κ2) is 29.1. The lowest BCUT2D eigenvalue weighted by atomic mass is 10.1. The van der Waals surface area contributed by atoms with E-state index in [9.17, 15) is 24.0 Å². The Kier molecular flexibility index (Phi) is 25.8. The van der Waals surface area contributed by atoms with Crippen LogP contribution in [0.3, 0.4) is 0 Å². The van der Waals surface area contributed by atoms with Gasteiger partial charge in [-0.1, -0.05) is 95.7 Å². The van der Waals surface area contributed by atoms with Gasteiger partial charge in [0.2, 0.25) is 0 Å². The highest BCUT2D eigenvalue weighted by molar-refractivity contribution is 8.77. The lowest BCUT2D eigenvalue weighted by Gasteiger charge is -2.06. The molecule has 0 unspecified atom stereocenters. The van der Waals surface area contributed by atoms with Crippen molar-refractivity contribution in [1.82, 2.24) is 5.32 Å². The first-order valence-corrected chi connectivity index (χ1v) is 18.4. The van der Waals surface area contributed by atoms with Gasteiger partial charge in [-0.25, -0.2) is 14.4 Å².